The number of nitrogens with one attached hydrogen (secondary N) is 1. The number of rotatable bonds is 7. The summed E-state index contributed by atoms with van der Waals surface area (Å²) < 4.78 is 32.5. The molecule has 0 saturated carbocycles. The topological polar surface area (TPSA) is 92.5 Å². The smallest absolute Gasteiger partial charge is 0.255 e. The zero-order valence-electron chi connectivity index (χ0n) is 17.0. The van der Waals surface area contributed by atoms with E-state index in [1.165, 1.54) is 16.4 Å². The summed E-state index contributed by atoms with van der Waals surface area (Å²) in [6.07, 6.45) is 0.684. The Morgan fingerprint density at radius 2 is 1.83 bits per heavy atom. The van der Waals surface area contributed by atoms with Crippen LogP contribution in [0.4, 0.5) is 5.69 Å². The van der Waals surface area contributed by atoms with Crippen molar-refractivity contribution in [2.24, 2.45) is 0 Å². The molecule has 0 aliphatic carbocycles. The fourth-order valence-electron chi connectivity index (χ4n) is 3.12. The Kier molecular flexibility index (Phi) is 6.04. The fourth-order valence-corrected chi connectivity index (χ4v) is 4.61. The van der Waals surface area contributed by atoms with Crippen LogP contribution in [0.3, 0.4) is 0 Å². The predicted octanol–water partition coefficient (Wildman–Crippen LogP) is 3.98. The van der Waals surface area contributed by atoms with Crippen molar-refractivity contribution < 1.29 is 17.6 Å². The van der Waals surface area contributed by atoms with Crippen LogP contribution in [0.25, 0.3) is 11.1 Å². The Morgan fingerprint density at radius 1 is 1.10 bits per heavy atom. The molecule has 0 bridgehead atoms. The molecule has 0 saturated heterocycles. The van der Waals surface area contributed by atoms with Crippen LogP contribution in [0.2, 0.25) is 0 Å². The second-order valence-electron chi connectivity index (χ2n) is 6.66. The van der Waals surface area contributed by atoms with Gasteiger partial charge in [0, 0.05) is 30.8 Å². The van der Waals surface area contributed by atoms with Crippen molar-refractivity contribution in [2.45, 2.75) is 39.0 Å². The molecule has 0 fully saturated rings. The molecule has 0 aliphatic heterocycles. The number of nitrogens with zero attached hydrogens (tertiary/aromatic N) is 2. The number of amides is 1. The van der Waals surface area contributed by atoms with E-state index in [0.717, 1.165) is 0 Å². The number of anilines is 1. The molecule has 0 unspecified atom stereocenters. The number of carbonyl (C=O) groups excluding carboxylic acids is 1. The highest BCUT2D eigenvalue weighted by Gasteiger charge is 2.23. The Balaban J connectivity index is 1.91. The van der Waals surface area contributed by atoms with Gasteiger partial charge in [0.25, 0.3) is 5.91 Å². The summed E-state index contributed by atoms with van der Waals surface area (Å²) in [5.74, 6) is 0.256. The van der Waals surface area contributed by atoms with Gasteiger partial charge in [-0.2, -0.15) is 4.31 Å². The van der Waals surface area contributed by atoms with E-state index >= 15 is 0 Å². The average Bonchev–Trinajstić information content (AvgIpc) is 3.11. The zero-order chi connectivity index (χ0) is 21.2. The number of hydrogen-bond donors (Lipinski definition) is 1. The first-order chi connectivity index (χ1) is 13.8. The third-order valence-electron chi connectivity index (χ3n) is 4.79. The molecule has 1 aromatic heterocycles. The van der Waals surface area contributed by atoms with Crippen LogP contribution < -0.4 is 5.32 Å². The van der Waals surface area contributed by atoms with Gasteiger partial charge in [-0.25, -0.2) is 13.4 Å². The van der Waals surface area contributed by atoms with Crippen LogP contribution in [-0.4, -0.2) is 36.7 Å². The SMILES string of the molecule is CCc1nc2cc(NC(=O)c3cc(S(=O)(=O)N(CC)CC)ccc3C)ccc2o1. The molecule has 154 valence electrons. The molecule has 0 spiro atoms. The number of sulfonamides is 1. The van der Waals surface area contributed by atoms with E-state index in [9.17, 15) is 13.2 Å². The zero-order valence-corrected chi connectivity index (χ0v) is 17.8. The van der Waals surface area contributed by atoms with Gasteiger partial charge in [0.2, 0.25) is 10.0 Å². The van der Waals surface area contributed by atoms with Crippen LogP contribution >= 0.6 is 0 Å². The Hall–Kier alpha value is -2.71. The second-order valence-corrected chi connectivity index (χ2v) is 8.60. The minimum absolute atomic E-state index is 0.108. The van der Waals surface area contributed by atoms with Crippen molar-refractivity contribution >= 4 is 32.7 Å². The molecule has 0 radical (unpaired) electrons. The highest BCUT2D eigenvalue weighted by Crippen LogP contribution is 2.23. The third-order valence-corrected chi connectivity index (χ3v) is 6.83. The van der Waals surface area contributed by atoms with E-state index < -0.39 is 10.0 Å². The molecule has 3 aromatic rings. The van der Waals surface area contributed by atoms with Crippen LogP contribution in [0, 0.1) is 6.92 Å². The molecule has 1 N–H and O–H groups in total. The number of oxazole rings is 1. The predicted molar refractivity (Wildman–Crippen MR) is 113 cm³/mol. The Labute approximate surface area is 170 Å². The molecule has 0 aliphatic rings. The van der Waals surface area contributed by atoms with Gasteiger partial charge in [0.15, 0.2) is 11.5 Å². The maximum atomic E-state index is 12.9. The minimum Gasteiger partial charge on any atom is -0.441 e. The molecule has 8 heteroatoms. The van der Waals surface area contributed by atoms with E-state index in [1.807, 2.05) is 6.92 Å². The standard InChI is InChI=1S/C21H25N3O4S/c1-5-20-23-18-12-15(9-11-19(18)28-20)22-21(25)17-13-16(10-8-14(17)4)29(26,27)24(6-2)7-3/h8-13H,5-7H2,1-4H3,(H,22,25). The molecule has 7 nitrogen and oxygen atoms in total. The maximum Gasteiger partial charge on any atom is 0.255 e. The lowest BCUT2D eigenvalue weighted by Crippen LogP contribution is -2.30. The van der Waals surface area contributed by atoms with Crippen molar-refractivity contribution in [2.75, 3.05) is 18.4 Å². The first-order valence-electron chi connectivity index (χ1n) is 9.61. The van der Waals surface area contributed by atoms with Crippen molar-refractivity contribution in [3.63, 3.8) is 0 Å². The monoisotopic (exact) mass is 415 g/mol. The number of hydrogen-bond acceptors (Lipinski definition) is 5. The van der Waals surface area contributed by atoms with E-state index in [0.29, 0.717) is 53.3 Å². The van der Waals surface area contributed by atoms with Crippen molar-refractivity contribution in [1.82, 2.24) is 9.29 Å². The molecule has 1 amide bonds. The molecule has 29 heavy (non-hydrogen) atoms. The summed E-state index contributed by atoms with van der Waals surface area (Å²) in [6.45, 7) is 8.03. The summed E-state index contributed by atoms with van der Waals surface area (Å²) in [4.78, 5) is 17.3. The average molecular weight is 416 g/mol. The molecule has 0 atom stereocenters. The van der Waals surface area contributed by atoms with Crippen molar-refractivity contribution in [3.8, 4) is 0 Å². The maximum absolute atomic E-state index is 12.9. The normalized spacial score (nSPS) is 11.9. The van der Waals surface area contributed by atoms with Crippen molar-refractivity contribution in [1.29, 1.82) is 0 Å². The lowest BCUT2D eigenvalue weighted by molar-refractivity contribution is 0.102. The molecular formula is C21H25N3O4S. The first kappa shape index (κ1) is 21.0. The van der Waals surface area contributed by atoms with E-state index in [-0.39, 0.29) is 10.8 Å². The first-order valence-corrected chi connectivity index (χ1v) is 11.1. The number of benzene rings is 2. The van der Waals surface area contributed by atoms with Crippen LogP contribution in [-0.2, 0) is 16.4 Å². The van der Waals surface area contributed by atoms with Crippen LogP contribution in [0.5, 0.6) is 0 Å². The van der Waals surface area contributed by atoms with E-state index in [4.69, 9.17) is 4.42 Å². The quantitative estimate of drug-likeness (QED) is 0.630. The number of fused-ring (bicyclic) bond motifs is 1. The summed E-state index contributed by atoms with van der Waals surface area (Å²) in [6, 6.07) is 9.85. The van der Waals surface area contributed by atoms with Gasteiger partial charge in [-0.05, 0) is 42.8 Å². The molecule has 2 aromatic carbocycles. The second kappa shape index (κ2) is 8.34. The number of aryl methyl sites for hydroxylation is 2. The van der Waals surface area contributed by atoms with Gasteiger partial charge >= 0.3 is 0 Å². The number of carbonyl (C=O) groups is 1. The van der Waals surface area contributed by atoms with E-state index in [2.05, 4.69) is 10.3 Å². The third kappa shape index (κ3) is 4.18. The fraction of sp³-hybridized carbons (Fsp3) is 0.333. The molecule has 1 heterocycles. The van der Waals surface area contributed by atoms with Gasteiger partial charge in [0.05, 0.1) is 4.90 Å². The van der Waals surface area contributed by atoms with Gasteiger partial charge < -0.3 is 9.73 Å². The summed E-state index contributed by atoms with van der Waals surface area (Å²) in [7, 11) is -3.64. The van der Waals surface area contributed by atoms with Gasteiger partial charge in [-0.3, -0.25) is 4.79 Å². The lowest BCUT2D eigenvalue weighted by Gasteiger charge is -2.19. The summed E-state index contributed by atoms with van der Waals surface area (Å²) >= 11 is 0. The highest BCUT2D eigenvalue weighted by molar-refractivity contribution is 7.89. The van der Waals surface area contributed by atoms with Crippen LogP contribution in [0.15, 0.2) is 45.7 Å². The molecular weight excluding hydrogens is 390 g/mol. The summed E-state index contributed by atoms with van der Waals surface area (Å²) in [5, 5.41) is 2.83. The Bertz CT molecular complexity index is 1150. The summed E-state index contributed by atoms with van der Waals surface area (Å²) in [5.41, 5.74) is 2.89. The van der Waals surface area contributed by atoms with E-state index in [1.54, 1.807) is 45.0 Å². The highest BCUT2D eigenvalue weighted by atomic mass is 32.2. The largest absolute Gasteiger partial charge is 0.441 e. The number of aromatic nitrogens is 1. The molecule has 3 rings (SSSR count). The van der Waals surface area contributed by atoms with Gasteiger partial charge in [0.1, 0.15) is 5.52 Å². The Morgan fingerprint density at radius 3 is 2.48 bits per heavy atom. The van der Waals surface area contributed by atoms with Gasteiger partial charge in [-0.15, -0.1) is 0 Å². The lowest BCUT2D eigenvalue weighted by atomic mass is 10.1. The van der Waals surface area contributed by atoms with Crippen molar-refractivity contribution in [3.05, 3.63) is 53.4 Å². The van der Waals surface area contributed by atoms with Gasteiger partial charge in [-0.1, -0.05) is 26.8 Å². The van der Waals surface area contributed by atoms with Crippen LogP contribution in [0.1, 0.15) is 42.6 Å². The minimum atomic E-state index is -3.64.